The van der Waals surface area contributed by atoms with Crippen LogP contribution in [0.3, 0.4) is 0 Å². The van der Waals surface area contributed by atoms with E-state index in [4.69, 9.17) is 5.11 Å². The molecule has 0 fully saturated rings. The smallest absolute Gasteiger partial charge is 0.322 e. The maximum Gasteiger partial charge on any atom is 0.322 e. The van der Waals surface area contributed by atoms with E-state index in [0.29, 0.717) is 11.5 Å². The van der Waals surface area contributed by atoms with Gasteiger partial charge in [0.05, 0.1) is 17.1 Å². The minimum Gasteiger partial charge on any atom is -0.480 e. The highest BCUT2D eigenvalue weighted by molar-refractivity contribution is 7.89. The normalized spacial score (nSPS) is 11.2. The molecule has 0 aliphatic carbocycles. The first-order valence-corrected chi connectivity index (χ1v) is 12.8. The number of rotatable bonds is 10. The number of hydrogen-bond acceptors (Lipinski definition) is 7. The van der Waals surface area contributed by atoms with Crippen LogP contribution in [0.1, 0.15) is 11.3 Å². The molecule has 12 heteroatoms. The SMILES string of the molecule is Cl.O=C(O)CNc1cccc(CN(Cc2ccc(-c3nccs3)cc2)S(=O)(=O)c2ccc(F)cc2)n1. The van der Waals surface area contributed by atoms with Crippen LogP contribution in [0.4, 0.5) is 10.2 Å². The molecule has 2 heterocycles. The lowest BCUT2D eigenvalue weighted by Crippen LogP contribution is -2.30. The van der Waals surface area contributed by atoms with E-state index < -0.39 is 21.8 Å². The van der Waals surface area contributed by atoms with Gasteiger partial charge in [0.15, 0.2) is 0 Å². The van der Waals surface area contributed by atoms with E-state index in [-0.39, 0.29) is 36.9 Å². The van der Waals surface area contributed by atoms with Gasteiger partial charge in [-0.05, 0) is 42.0 Å². The van der Waals surface area contributed by atoms with E-state index >= 15 is 0 Å². The predicted octanol–water partition coefficient (Wildman–Crippen LogP) is 4.65. The number of anilines is 1. The second-order valence-electron chi connectivity index (χ2n) is 7.52. The summed E-state index contributed by atoms with van der Waals surface area (Å²) in [5.41, 5.74) is 2.09. The zero-order chi connectivity index (χ0) is 24.8. The Bertz CT molecular complexity index is 1400. The van der Waals surface area contributed by atoms with Crippen LogP contribution < -0.4 is 5.32 Å². The molecule has 0 atom stereocenters. The Labute approximate surface area is 217 Å². The van der Waals surface area contributed by atoms with Crippen LogP contribution >= 0.6 is 23.7 Å². The monoisotopic (exact) mass is 548 g/mol. The Kier molecular flexibility index (Phi) is 9.10. The third kappa shape index (κ3) is 6.85. The van der Waals surface area contributed by atoms with Crippen LogP contribution in [0.25, 0.3) is 10.6 Å². The highest BCUT2D eigenvalue weighted by atomic mass is 35.5. The van der Waals surface area contributed by atoms with Gasteiger partial charge >= 0.3 is 5.97 Å². The molecule has 0 unspecified atom stereocenters. The number of carboxylic acid groups (broad SMARTS) is 1. The maximum absolute atomic E-state index is 13.5. The number of nitrogens with zero attached hydrogens (tertiary/aromatic N) is 3. The van der Waals surface area contributed by atoms with E-state index in [0.717, 1.165) is 28.3 Å². The second kappa shape index (κ2) is 12.0. The van der Waals surface area contributed by atoms with Crippen LogP contribution in [0.2, 0.25) is 0 Å². The van der Waals surface area contributed by atoms with E-state index in [1.807, 2.05) is 29.6 Å². The van der Waals surface area contributed by atoms with Crippen molar-refractivity contribution in [3.05, 3.63) is 95.4 Å². The molecule has 4 aromatic rings. The average Bonchev–Trinajstić information content (AvgIpc) is 3.38. The molecule has 0 saturated heterocycles. The Hall–Kier alpha value is -3.38. The van der Waals surface area contributed by atoms with Crippen LogP contribution in [-0.2, 0) is 27.9 Å². The molecule has 0 spiro atoms. The van der Waals surface area contributed by atoms with Gasteiger partial charge in [-0.2, -0.15) is 4.31 Å². The topological polar surface area (TPSA) is 112 Å². The average molecular weight is 549 g/mol. The number of hydrogen-bond donors (Lipinski definition) is 2. The van der Waals surface area contributed by atoms with E-state index in [1.54, 1.807) is 24.4 Å². The molecular weight excluding hydrogens is 527 g/mol. The van der Waals surface area contributed by atoms with Gasteiger partial charge in [0, 0.05) is 23.7 Å². The number of pyridine rings is 1. The first-order chi connectivity index (χ1) is 16.8. The van der Waals surface area contributed by atoms with Gasteiger partial charge in [0.1, 0.15) is 23.2 Å². The number of carbonyl (C=O) groups is 1. The van der Waals surface area contributed by atoms with Crippen molar-refractivity contribution in [2.75, 3.05) is 11.9 Å². The number of carboxylic acids is 1. The standard InChI is InChI=1S/C24H21FN4O4S2.ClH/c25-19-8-10-21(11-9-19)35(32,33)29(16-20-2-1-3-22(28-20)27-14-23(30)31)15-17-4-6-18(7-5-17)24-26-12-13-34-24;/h1-13H,14-16H2,(H,27,28)(H,30,31);1H. The number of sulfonamides is 1. The maximum atomic E-state index is 13.5. The van der Waals surface area contributed by atoms with Gasteiger partial charge in [0.25, 0.3) is 0 Å². The molecule has 0 radical (unpaired) electrons. The predicted molar refractivity (Wildman–Crippen MR) is 138 cm³/mol. The minimum absolute atomic E-state index is 0. The third-order valence-electron chi connectivity index (χ3n) is 5.01. The lowest BCUT2D eigenvalue weighted by Gasteiger charge is -2.22. The highest BCUT2D eigenvalue weighted by Crippen LogP contribution is 2.25. The van der Waals surface area contributed by atoms with Crippen molar-refractivity contribution in [3.8, 4) is 10.6 Å². The summed E-state index contributed by atoms with van der Waals surface area (Å²) in [6, 6.07) is 17.0. The molecule has 2 N–H and O–H groups in total. The first kappa shape index (κ1) is 27.2. The molecule has 0 aliphatic heterocycles. The summed E-state index contributed by atoms with van der Waals surface area (Å²) in [5, 5.41) is 14.3. The van der Waals surface area contributed by atoms with Gasteiger partial charge in [-0.25, -0.2) is 22.8 Å². The summed E-state index contributed by atoms with van der Waals surface area (Å²) < 4.78 is 41.6. The fraction of sp³-hybridized carbons (Fsp3) is 0.125. The van der Waals surface area contributed by atoms with Crippen molar-refractivity contribution in [1.82, 2.24) is 14.3 Å². The van der Waals surface area contributed by atoms with Gasteiger partial charge in [-0.15, -0.1) is 23.7 Å². The molecule has 0 bridgehead atoms. The number of halogens is 2. The zero-order valence-electron chi connectivity index (χ0n) is 18.7. The number of aromatic nitrogens is 2. The summed E-state index contributed by atoms with van der Waals surface area (Å²) in [4.78, 5) is 19.4. The molecule has 2 aromatic carbocycles. The summed E-state index contributed by atoms with van der Waals surface area (Å²) >= 11 is 1.51. The molecule has 36 heavy (non-hydrogen) atoms. The Morgan fingerprint density at radius 3 is 2.39 bits per heavy atom. The minimum atomic E-state index is -4.00. The largest absolute Gasteiger partial charge is 0.480 e. The van der Waals surface area contributed by atoms with Crippen molar-refractivity contribution in [2.45, 2.75) is 18.0 Å². The quantitative estimate of drug-likeness (QED) is 0.296. The molecule has 0 aliphatic rings. The Morgan fingerprint density at radius 2 is 1.75 bits per heavy atom. The fourth-order valence-corrected chi connectivity index (χ4v) is 5.36. The van der Waals surface area contributed by atoms with Crippen LogP contribution in [0.15, 0.2) is 83.2 Å². The number of nitrogens with one attached hydrogen (secondary N) is 1. The van der Waals surface area contributed by atoms with Gasteiger partial charge < -0.3 is 10.4 Å². The van der Waals surface area contributed by atoms with Crippen LogP contribution in [0.5, 0.6) is 0 Å². The van der Waals surface area contributed by atoms with E-state index in [9.17, 15) is 17.6 Å². The Balaban J connectivity index is 0.00000361. The molecule has 0 saturated carbocycles. The highest BCUT2D eigenvalue weighted by Gasteiger charge is 2.26. The van der Waals surface area contributed by atoms with Crippen LogP contribution in [-0.4, -0.2) is 40.3 Å². The van der Waals surface area contributed by atoms with Gasteiger partial charge in [-0.3, -0.25) is 4.79 Å². The molecule has 0 amide bonds. The molecule has 8 nitrogen and oxygen atoms in total. The lowest BCUT2D eigenvalue weighted by atomic mass is 10.1. The Morgan fingerprint density at radius 1 is 1.03 bits per heavy atom. The molecule has 188 valence electrons. The number of aliphatic carboxylic acids is 1. The first-order valence-electron chi connectivity index (χ1n) is 10.5. The van der Waals surface area contributed by atoms with E-state index in [2.05, 4.69) is 15.3 Å². The molecular formula is C24H22ClFN4O4S2. The summed E-state index contributed by atoms with van der Waals surface area (Å²) in [5.74, 6) is -1.26. The van der Waals surface area contributed by atoms with Crippen molar-refractivity contribution in [3.63, 3.8) is 0 Å². The molecule has 4 rings (SSSR count). The number of thiazole rings is 1. The summed E-state index contributed by atoms with van der Waals surface area (Å²) in [6.45, 7) is -0.345. The molecule has 2 aromatic heterocycles. The third-order valence-corrected chi connectivity index (χ3v) is 7.64. The van der Waals surface area contributed by atoms with Crippen molar-refractivity contribution < 1.29 is 22.7 Å². The summed E-state index contributed by atoms with van der Waals surface area (Å²) in [7, 11) is -4.00. The van der Waals surface area contributed by atoms with Gasteiger partial charge in [0.2, 0.25) is 10.0 Å². The summed E-state index contributed by atoms with van der Waals surface area (Å²) in [6.07, 6.45) is 1.72. The van der Waals surface area contributed by atoms with Gasteiger partial charge in [-0.1, -0.05) is 30.3 Å². The number of benzene rings is 2. The van der Waals surface area contributed by atoms with E-state index in [1.165, 1.54) is 27.8 Å². The second-order valence-corrected chi connectivity index (χ2v) is 10.4. The lowest BCUT2D eigenvalue weighted by molar-refractivity contribution is -0.134. The fourth-order valence-electron chi connectivity index (χ4n) is 3.32. The van der Waals surface area contributed by atoms with Crippen LogP contribution in [0, 0.1) is 5.82 Å². The zero-order valence-corrected chi connectivity index (χ0v) is 21.2. The van der Waals surface area contributed by atoms with Crippen molar-refractivity contribution in [2.24, 2.45) is 0 Å². The van der Waals surface area contributed by atoms with Crippen molar-refractivity contribution >= 4 is 45.6 Å². The van der Waals surface area contributed by atoms with Crippen molar-refractivity contribution in [1.29, 1.82) is 0 Å².